The van der Waals surface area contributed by atoms with E-state index in [0.29, 0.717) is 18.7 Å². The molecule has 0 aliphatic carbocycles. The third-order valence-electron chi connectivity index (χ3n) is 4.57. The second-order valence-electron chi connectivity index (χ2n) is 6.54. The molecule has 1 heterocycles. The smallest absolute Gasteiger partial charge is 0.309 e. The molecule has 7 heteroatoms. The van der Waals surface area contributed by atoms with E-state index in [1.165, 1.54) is 6.07 Å². The number of carbonyl (C=O) groups is 1. The molecular formula is C20H30FN3O3. The molecule has 1 aliphatic heterocycles. The second-order valence-corrected chi connectivity index (χ2v) is 6.54. The van der Waals surface area contributed by atoms with Crippen molar-refractivity contribution in [3.63, 3.8) is 0 Å². The molecule has 0 spiro atoms. The van der Waals surface area contributed by atoms with Crippen molar-refractivity contribution in [3.8, 4) is 0 Å². The molecule has 1 aromatic rings. The Morgan fingerprint density at radius 1 is 1.33 bits per heavy atom. The molecule has 1 N–H and O–H groups in total. The summed E-state index contributed by atoms with van der Waals surface area (Å²) in [5, 5.41) is 3.30. The third-order valence-corrected chi connectivity index (χ3v) is 4.57. The van der Waals surface area contributed by atoms with Crippen molar-refractivity contribution in [2.45, 2.75) is 39.8 Å². The normalized spacial score (nSPS) is 15.7. The van der Waals surface area contributed by atoms with E-state index in [9.17, 15) is 9.18 Å². The Bertz CT molecular complexity index is 643. The molecule has 6 nitrogen and oxygen atoms in total. The molecule has 0 atom stereocenters. The van der Waals surface area contributed by atoms with Gasteiger partial charge in [-0.3, -0.25) is 4.79 Å². The minimum absolute atomic E-state index is 0.0298. The van der Waals surface area contributed by atoms with Gasteiger partial charge in [0.25, 0.3) is 0 Å². The van der Waals surface area contributed by atoms with Crippen molar-refractivity contribution in [1.82, 2.24) is 10.2 Å². The number of hydrogen-bond acceptors (Lipinski definition) is 4. The number of nitrogens with one attached hydrogen (secondary N) is 1. The first-order valence-electron chi connectivity index (χ1n) is 9.55. The second kappa shape index (κ2) is 10.9. The Kier molecular flexibility index (Phi) is 8.51. The van der Waals surface area contributed by atoms with Crippen molar-refractivity contribution in [2.24, 2.45) is 10.9 Å². The SMILES string of the molecule is CCNC(=NCc1ccc(F)c(COC)c1)N1CCC(C(=O)OCC)CC1. The molecular weight excluding hydrogens is 349 g/mol. The van der Waals surface area contributed by atoms with E-state index < -0.39 is 0 Å². The van der Waals surface area contributed by atoms with Crippen LogP contribution in [0.2, 0.25) is 0 Å². The fourth-order valence-electron chi connectivity index (χ4n) is 3.17. The summed E-state index contributed by atoms with van der Waals surface area (Å²) in [6.45, 7) is 7.25. The summed E-state index contributed by atoms with van der Waals surface area (Å²) in [7, 11) is 1.55. The zero-order valence-corrected chi connectivity index (χ0v) is 16.5. The van der Waals surface area contributed by atoms with Gasteiger partial charge in [-0.15, -0.1) is 0 Å². The summed E-state index contributed by atoms with van der Waals surface area (Å²) < 4.78 is 23.9. The van der Waals surface area contributed by atoms with Crippen molar-refractivity contribution in [2.75, 3.05) is 33.4 Å². The molecule has 1 aromatic carbocycles. The van der Waals surface area contributed by atoms with E-state index >= 15 is 0 Å². The van der Waals surface area contributed by atoms with Crippen LogP contribution in [0.1, 0.15) is 37.8 Å². The van der Waals surface area contributed by atoms with Gasteiger partial charge in [-0.25, -0.2) is 9.38 Å². The van der Waals surface area contributed by atoms with E-state index in [0.717, 1.165) is 44.0 Å². The Morgan fingerprint density at radius 3 is 2.70 bits per heavy atom. The lowest BCUT2D eigenvalue weighted by Crippen LogP contribution is -2.46. The average molecular weight is 379 g/mol. The Balaban J connectivity index is 2.00. The van der Waals surface area contributed by atoms with Crippen molar-refractivity contribution >= 4 is 11.9 Å². The van der Waals surface area contributed by atoms with Gasteiger partial charge in [0.05, 0.1) is 25.7 Å². The predicted octanol–water partition coefficient (Wildman–Crippen LogP) is 2.71. The number of rotatable bonds is 7. The lowest BCUT2D eigenvalue weighted by atomic mass is 9.97. The summed E-state index contributed by atoms with van der Waals surface area (Å²) in [6.07, 6.45) is 1.52. The maximum absolute atomic E-state index is 13.7. The minimum atomic E-state index is -0.266. The van der Waals surface area contributed by atoms with Gasteiger partial charge in [0.15, 0.2) is 5.96 Å². The molecule has 0 radical (unpaired) electrons. The number of piperidine rings is 1. The zero-order chi connectivity index (χ0) is 19.6. The average Bonchev–Trinajstić information content (AvgIpc) is 2.68. The van der Waals surface area contributed by atoms with Crippen LogP contribution in [0.3, 0.4) is 0 Å². The van der Waals surface area contributed by atoms with E-state index in [1.807, 2.05) is 13.8 Å². The topological polar surface area (TPSA) is 63.2 Å². The number of methoxy groups -OCH3 is 1. The van der Waals surface area contributed by atoms with Crippen LogP contribution in [0, 0.1) is 11.7 Å². The summed E-state index contributed by atoms with van der Waals surface area (Å²) in [4.78, 5) is 18.8. The first kappa shape index (κ1) is 21.2. The minimum Gasteiger partial charge on any atom is -0.466 e. The fraction of sp³-hybridized carbons (Fsp3) is 0.600. The number of carbonyl (C=O) groups excluding carboxylic acids is 1. The highest BCUT2D eigenvalue weighted by Gasteiger charge is 2.27. The lowest BCUT2D eigenvalue weighted by Gasteiger charge is -2.33. The predicted molar refractivity (Wildman–Crippen MR) is 103 cm³/mol. The Labute approximate surface area is 160 Å². The quantitative estimate of drug-likeness (QED) is 0.448. The fourth-order valence-corrected chi connectivity index (χ4v) is 3.17. The monoisotopic (exact) mass is 379 g/mol. The van der Waals surface area contributed by atoms with Crippen LogP contribution in [0.4, 0.5) is 4.39 Å². The summed E-state index contributed by atoms with van der Waals surface area (Å²) in [5.41, 5.74) is 1.46. The molecule has 0 amide bonds. The van der Waals surface area contributed by atoms with Crippen LogP contribution in [-0.4, -0.2) is 50.2 Å². The van der Waals surface area contributed by atoms with Gasteiger partial charge in [0, 0.05) is 32.3 Å². The number of aliphatic imine (C=N–C) groups is 1. The highest BCUT2D eigenvalue weighted by Crippen LogP contribution is 2.19. The first-order valence-corrected chi connectivity index (χ1v) is 9.55. The van der Waals surface area contributed by atoms with Gasteiger partial charge in [-0.1, -0.05) is 6.07 Å². The van der Waals surface area contributed by atoms with E-state index in [1.54, 1.807) is 19.2 Å². The number of nitrogens with zero attached hydrogens (tertiary/aromatic N) is 2. The molecule has 1 fully saturated rings. The molecule has 27 heavy (non-hydrogen) atoms. The standard InChI is InChI=1S/C20H30FN3O3/c1-4-22-20(24-10-8-16(9-11-24)19(25)27-5-2)23-13-15-6-7-18(21)17(12-15)14-26-3/h6-7,12,16H,4-5,8-11,13-14H2,1-3H3,(H,22,23). The number of ether oxygens (including phenoxy) is 2. The number of guanidine groups is 1. The van der Waals surface area contributed by atoms with Crippen LogP contribution >= 0.6 is 0 Å². The van der Waals surface area contributed by atoms with Crippen LogP contribution in [-0.2, 0) is 27.4 Å². The zero-order valence-electron chi connectivity index (χ0n) is 16.5. The molecule has 2 rings (SSSR count). The van der Waals surface area contributed by atoms with Crippen molar-refractivity contribution in [1.29, 1.82) is 0 Å². The molecule has 0 unspecified atom stereocenters. The van der Waals surface area contributed by atoms with Gasteiger partial charge in [-0.2, -0.15) is 0 Å². The maximum Gasteiger partial charge on any atom is 0.309 e. The number of likely N-dealkylation sites (tertiary alicyclic amines) is 1. The molecule has 1 saturated heterocycles. The lowest BCUT2D eigenvalue weighted by molar-refractivity contribution is -0.149. The third kappa shape index (κ3) is 6.20. The molecule has 0 saturated carbocycles. The van der Waals surface area contributed by atoms with Crippen LogP contribution in [0.25, 0.3) is 0 Å². The molecule has 150 valence electrons. The van der Waals surface area contributed by atoms with Gasteiger partial charge >= 0.3 is 5.97 Å². The van der Waals surface area contributed by atoms with Crippen molar-refractivity contribution in [3.05, 3.63) is 35.1 Å². The van der Waals surface area contributed by atoms with E-state index in [-0.39, 0.29) is 24.3 Å². The van der Waals surface area contributed by atoms with Crippen LogP contribution in [0.5, 0.6) is 0 Å². The van der Waals surface area contributed by atoms with Gasteiger partial charge in [0.2, 0.25) is 0 Å². The summed E-state index contributed by atoms with van der Waals surface area (Å²) in [5.74, 6) is 0.420. The van der Waals surface area contributed by atoms with Gasteiger partial charge in [0.1, 0.15) is 5.82 Å². The van der Waals surface area contributed by atoms with Gasteiger partial charge in [-0.05, 0) is 44.4 Å². The number of benzene rings is 1. The molecule has 0 bridgehead atoms. The van der Waals surface area contributed by atoms with E-state index in [4.69, 9.17) is 14.5 Å². The number of halogens is 1. The Hall–Kier alpha value is -2.15. The van der Waals surface area contributed by atoms with Gasteiger partial charge < -0.3 is 19.7 Å². The Morgan fingerprint density at radius 2 is 2.07 bits per heavy atom. The van der Waals surface area contributed by atoms with E-state index in [2.05, 4.69) is 10.2 Å². The number of esters is 1. The molecule has 0 aromatic heterocycles. The largest absolute Gasteiger partial charge is 0.466 e. The summed E-state index contributed by atoms with van der Waals surface area (Å²) >= 11 is 0. The number of hydrogen-bond donors (Lipinski definition) is 1. The maximum atomic E-state index is 13.7. The highest BCUT2D eigenvalue weighted by molar-refractivity contribution is 5.80. The van der Waals surface area contributed by atoms with Crippen LogP contribution < -0.4 is 5.32 Å². The van der Waals surface area contributed by atoms with Crippen molar-refractivity contribution < 1.29 is 18.7 Å². The highest BCUT2D eigenvalue weighted by atomic mass is 19.1. The molecule has 1 aliphatic rings. The summed E-state index contributed by atoms with van der Waals surface area (Å²) in [6, 6.07) is 4.99. The van der Waals surface area contributed by atoms with Crippen LogP contribution in [0.15, 0.2) is 23.2 Å². The first-order chi connectivity index (χ1) is 13.1.